The normalized spacial score (nSPS) is 28.5. The van der Waals surface area contributed by atoms with E-state index < -0.39 is 15.8 Å². The third-order valence-corrected chi connectivity index (χ3v) is 6.27. The first-order valence-corrected chi connectivity index (χ1v) is 9.38. The number of aliphatic carboxylic acids is 1. The number of nitrogens with zero attached hydrogens (tertiary/aromatic N) is 1. The number of sulfone groups is 1. The molecular formula is C14H23NO5S. The Balaban J connectivity index is 1.80. The predicted molar refractivity (Wildman–Crippen MR) is 77.6 cm³/mol. The van der Waals surface area contributed by atoms with Gasteiger partial charge in [-0.2, -0.15) is 0 Å². The Labute approximate surface area is 125 Å². The van der Waals surface area contributed by atoms with Crippen LogP contribution >= 0.6 is 0 Å². The molecule has 0 saturated carbocycles. The molecule has 2 aliphatic heterocycles. The lowest BCUT2D eigenvalue weighted by molar-refractivity contribution is -0.137. The van der Waals surface area contributed by atoms with Crippen LogP contribution in [0.1, 0.15) is 38.5 Å². The maximum Gasteiger partial charge on any atom is 0.303 e. The molecule has 1 amide bonds. The molecule has 120 valence electrons. The summed E-state index contributed by atoms with van der Waals surface area (Å²) in [6.07, 6.45) is 3.52. The van der Waals surface area contributed by atoms with E-state index in [0.717, 1.165) is 12.8 Å². The van der Waals surface area contributed by atoms with Gasteiger partial charge in [0.1, 0.15) is 0 Å². The lowest BCUT2D eigenvalue weighted by Gasteiger charge is -2.33. The highest BCUT2D eigenvalue weighted by Gasteiger charge is 2.32. The van der Waals surface area contributed by atoms with Crippen LogP contribution in [0.2, 0.25) is 0 Å². The minimum atomic E-state index is -2.94. The number of carboxylic acids is 1. The molecule has 21 heavy (non-hydrogen) atoms. The summed E-state index contributed by atoms with van der Waals surface area (Å²) in [5.74, 6) is -0.221. The van der Waals surface area contributed by atoms with Crippen molar-refractivity contribution in [2.24, 2.45) is 11.8 Å². The highest BCUT2D eigenvalue weighted by Crippen LogP contribution is 2.25. The van der Waals surface area contributed by atoms with E-state index in [2.05, 4.69) is 0 Å². The third kappa shape index (κ3) is 4.98. The van der Waals surface area contributed by atoms with Crippen molar-refractivity contribution in [2.45, 2.75) is 38.5 Å². The zero-order valence-corrected chi connectivity index (χ0v) is 13.0. The molecule has 2 rings (SSSR count). The second-order valence-corrected chi connectivity index (χ2v) is 8.48. The van der Waals surface area contributed by atoms with E-state index in [4.69, 9.17) is 5.11 Å². The molecule has 2 unspecified atom stereocenters. The molecule has 0 radical (unpaired) electrons. The van der Waals surface area contributed by atoms with E-state index in [1.165, 1.54) is 0 Å². The van der Waals surface area contributed by atoms with E-state index in [9.17, 15) is 18.0 Å². The topological polar surface area (TPSA) is 91.8 Å². The molecular weight excluding hydrogens is 294 g/mol. The van der Waals surface area contributed by atoms with Crippen LogP contribution in [0.15, 0.2) is 0 Å². The average Bonchev–Trinajstić information content (AvgIpc) is 2.76. The first-order valence-electron chi connectivity index (χ1n) is 7.56. The monoisotopic (exact) mass is 317 g/mol. The van der Waals surface area contributed by atoms with Gasteiger partial charge in [0.2, 0.25) is 5.91 Å². The summed E-state index contributed by atoms with van der Waals surface area (Å²) < 4.78 is 22.8. The standard InChI is InChI=1S/C14H23NO5S/c16-13(8-12-5-7-21(19,20)10-12)15-6-1-2-11(9-15)3-4-14(17)18/h11-12H,1-10H2,(H,17,18). The largest absolute Gasteiger partial charge is 0.481 e. The molecule has 0 aliphatic carbocycles. The van der Waals surface area contributed by atoms with Crippen LogP contribution in [0.3, 0.4) is 0 Å². The average molecular weight is 317 g/mol. The van der Waals surface area contributed by atoms with Gasteiger partial charge in [-0.1, -0.05) is 0 Å². The first kappa shape index (κ1) is 16.3. The van der Waals surface area contributed by atoms with Crippen molar-refractivity contribution >= 4 is 21.7 Å². The Morgan fingerprint density at radius 2 is 1.95 bits per heavy atom. The molecule has 0 bridgehead atoms. The predicted octanol–water partition coefficient (Wildman–Crippen LogP) is 0.915. The molecule has 7 heteroatoms. The number of carbonyl (C=O) groups excluding carboxylic acids is 1. The summed E-state index contributed by atoms with van der Waals surface area (Å²) in [5.41, 5.74) is 0. The van der Waals surface area contributed by atoms with Gasteiger partial charge in [0, 0.05) is 25.9 Å². The van der Waals surface area contributed by atoms with Crippen molar-refractivity contribution in [3.05, 3.63) is 0 Å². The van der Waals surface area contributed by atoms with Gasteiger partial charge in [-0.05, 0) is 37.5 Å². The highest BCUT2D eigenvalue weighted by atomic mass is 32.2. The number of carbonyl (C=O) groups is 2. The number of rotatable bonds is 5. The van der Waals surface area contributed by atoms with Crippen LogP contribution in [0, 0.1) is 11.8 Å². The van der Waals surface area contributed by atoms with Crippen LogP contribution in [0.5, 0.6) is 0 Å². The molecule has 1 N–H and O–H groups in total. The molecule has 2 aliphatic rings. The van der Waals surface area contributed by atoms with Crippen molar-refractivity contribution in [2.75, 3.05) is 24.6 Å². The molecule has 2 fully saturated rings. The zero-order chi connectivity index (χ0) is 15.5. The Kier molecular flexibility index (Phi) is 5.24. The number of hydrogen-bond acceptors (Lipinski definition) is 4. The number of hydrogen-bond donors (Lipinski definition) is 1. The van der Waals surface area contributed by atoms with Crippen LogP contribution in [0.25, 0.3) is 0 Å². The summed E-state index contributed by atoms with van der Waals surface area (Å²) >= 11 is 0. The first-order chi connectivity index (χ1) is 9.85. The molecule has 0 aromatic rings. The second kappa shape index (κ2) is 6.77. The maximum atomic E-state index is 12.3. The molecule has 2 saturated heterocycles. The fraction of sp³-hybridized carbons (Fsp3) is 0.857. The Hall–Kier alpha value is -1.11. The summed E-state index contributed by atoms with van der Waals surface area (Å²) in [6.45, 7) is 1.33. The fourth-order valence-corrected chi connectivity index (χ4v) is 5.13. The zero-order valence-electron chi connectivity index (χ0n) is 12.2. The van der Waals surface area contributed by atoms with E-state index >= 15 is 0 Å². The van der Waals surface area contributed by atoms with Crippen molar-refractivity contribution < 1.29 is 23.1 Å². The summed E-state index contributed by atoms with van der Waals surface area (Å²) in [6, 6.07) is 0. The van der Waals surface area contributed by atoms with E-state index in [1.54, 1.807) is 4.90 Å². The van der Waals surface area contributed by atoms with Crippen molar-refractivity contribution in [1.29, 1.82) is 0 Å². The van der Waals surface area contributed by atoms with Gasteiger partial charge < -0.3 is 10.0 Å². The van der Waals surface area contributed by atoms with Crippen LogP contribution in [-0.2, 0) is 19.4 Å². The lowest BCUT2D eigenvalue weighted by atomic mass is 9.92. The third-order valence-electron chi connectivity index (χ3n) is 4.43. The van der Waals surface area contributed by atoms with E-state index in [0.29, 0.717) is 32.4 Å². The highest BCUT2D eigenvalue weighted by molar-refractivity contribution is 7.91. The minimum Gasteiger partial charge on any atom is -0.481 e. The van der Waals surface area contributed by atoms with Gasteiger partial charge in [0.05, 0.1) is 11.5 Å². The molecule has 2 atom stereocenters. The van der Waals surface area contributed by atoms with Crippen LogP contribution in [0.4, 0.5) is 0 Å². The Bertz CT molecular complexity index is 501. The van der Waals surface area contributed by atoms with Crippen molar-refractivity contribution in [1.82, 2.24) is 4.90 Å². The smallest absolute Gasteiger partial charge is 0.303 e. The van der Waals surface area contributed by atoms with E-state index in [-0.39, 0.29) is 35.7 Å². The Morgan fingerprint density at radius 3 is 2.57 bits per heavy atom. The molecule has 0 spiro atoms. The number of carboxylic acid groups (broad SMARTS) is 1. The number of likely N-dealkylation sites (tertiary alicyclic amines) is 1. The maximum absolute atomic E-state index is 12.3. The van der Waals surface area contributed by atoms with Crippen molar-refractivity contribution in [3.63, 3.8) is 0 Å². The SMILES string of the molecule is O=C(O)CCC1CCCN(C(=O)CC2CCS(=O)(=O)C2)C1. The summed E-state index contributed by atoms with van der Waals surface area (Å²) in [7, 11) is -2.94. The van der Waals surface area contributed by atoms with Gasteiger partial charge >= 0.3 is 5.97 Å². The summed E-state index contributed by atoms with van der Waals surface area (Å²) in [4.78, 5) is 24.7. The van der Waals surface area contributed by atoms with Crippen LogP contribution < -0.4 is 0 Å². The quantitative estimate of drug-likeness (QED) is 0.814. The second-order valence-electron chi connectivity index (χ2n) is 6.25. The molecule has 6 nitrogen and oxygen atoms in total. The molecule has 0 aromatic carbocycles. The molecule has 2 heterocycles. The van der Waals surface area contributed by atoms with Gasteiger partial charge in [0.15, 0.2) is 9.84 Å². The van der Waals surface area contributed by atoms with Crippen LogP contribution in [-0.4, -0.2) is 54.9 Å². The summed E-state index contributed by atoms with van der Waals surface area (Å²) in [5, 5.41) is 8.72. The van der Waals surface area contributed by atoms with Crippen molar-refractivity contribution in [3.8, 4) is 0 Å². The minimum absolute atomic E-state index is 0.0251. The van der Waals surface area contributed by atoms with Gasteiger partial charge in [-0.3, -0.25) is 9.59 Å². The fourth-order valence-electron chi connectivity index (χ4n) is 3.26. The number of amides is 1. The molecule has 0 aromatic heterocycles. The van der Waals surface area contributed by atoms with E-state index in [1.807, 2.05) is 0 Å². The Morgan fingerprint density at radius 1 is 1.19 bits per heavy atom. The lowest BCUT2D eigenvalue weighted by Crippen LogP contribution is -2.40. The van der Waals surface area contributed by atoms with Gasteiger partial charge in [-0.15, -0.1) is 0 Å². The van der Waals surface area contributed by atoms with Gasteiger partial charge in [-0.25, -0.2) is 8.42 Å². The number of piperidine rings is 1. The van der Waals surface area contributed by atoms with Gasteiger partial charge in [0.25, 0.3) is 0 Å².